The number of rotatable bonds is 5. The van der Waals surface area contributed by atoms with E-state index in [0.29, 0.717) is 19.6 Å². The van der Waals surface area contributed by atoms with Crippen LogP contribution in [-0.4, -0.2) is 47.8 Å². The monoisotopic (exact) mass is 374 g/mol. The van der Waals surface area contributed by atoms with Gasteiger partial charge in [-0.3, -0.25) is 9.69 Å². The predicted octanol–water partition coefficient (Wildman–Crippen LogP) is 2.78. The van der Waals surface area contributed by atoms with Crippen LogP contribution in [0.15, 0.2) is 23.6 Å². The molecule has 2 atom stereocenters. The van der Waals surface area contributed by atoms with Crippen molar-refractivity contribution in [2.24, 2.45) is 5.41 Å². The molecule has 26 heavy (non-hydrogen) atoms. The molecule has 0 unspecified atom stereocenters. The van der Waals surface area contributed by atoms with Gasteiger partial charge in [-0.05, 0) is 12.5 Å². The number of hydrogen-bond acceptors (Lipinski definition) is 6. The molecule has 1 N–H and O–H groups in total. The number of methoxy groups -OCH3 is 1. The Hall–Kier alpha value is -2.12. The average molecular weight is 374 g/mol. The highest BCUT2D eigenvalue weighted by atomic mass is 32.1. The van der Waals surface area contributed by atoms with E-state index >= 15 is 0 Å². The molecule has 0 spiro atoms. The van der Waals surface area contributed by atoms with Gasteiger partial charge in [0.15, 0.2) is 0 Å². The number of carboxylic acid groups (broad SMARTS) is 1. The van der Waals surface area contributed by atoms with Crippen LogP contribution in [0.4, 0.5) is 0 Å². The summed E-state index contributed by atoms with van der Waals surface area (Å²) >= 11 is 1.66. The Kier molecular flexibility index (Phi) is 4.36. The van der Waals surface area contributed by atoms with Crippen LogP contribution < -0.4 is 9.47 Å². The second-order valence-corrected chi connectivity index (χ2v) is 7.90. The van der Waals surface area contributed by atoms with E-state index in [9.17, 15) is 9.90 Å². The molecule has 1 saturated heterocycles. The smallest absolute Gasteiger partial charge is 0.315 e. The maximum atomic E-state index is 12.2. The summed E-state index contributed by atoms with van der Waals surface area (Å²) in [6.07, 6.45) is 0.926. The molecular weight excluding hydrogens is 352 g/mol. The third kappa shape index (κ3) is 2.75. The van der Waals surface area contributed by atoms with E-state index in [-0.39, 0.29) is 12.5 Å². The maximum Gasteiger partial charge on any atom is 0.315 e. The van der Waals surface area contributed by atoms with E-state index < -0.39 is 11.4 Å². The highest BCUT2D eigenvalue weighted by molar-refractivity contribution is 7.09. The number of aryl methyl sites for hydroxylation is 1. The molecule has 3 heterocycles. The van der Waals surface area contributed by atoms with Crippen molar-refractivity contribution < 1.29 is 19.4 Å². The Morgan fingerprint density at radius 1 is 1.54 bits per heavy atom. The Bertz CT molecular complexity index is 837. The van der Waals surface area contributed by atoms with Crippen molar-refractivity contribution in [3.63, 3.8) is 0 Å². The zero-order valence-corrected chi connectivity index (χ0v) is 15.7. The van der Waals surface area contributed by atoms with Gasteiger partial charge >= 0.3 is 5.97 Å². The van der Waals surface area contributed by atoms with Crippen molar-refractivity contribution in [1.29, 1.82) is 0 Å². The number of carboxylic acids is 1. The minimum absolute atomic E-state index is 0.0982. The van der Waals surface area contributed by atoms with Gasteiger partial charge in [0.2, 0.25) is 0 Å². The summed E-state index contributed by atoms with van der Waals surface area (Å²) in [6, 6.07) is 5.66. The van der Waals surface area contributed by atoms with Crippen LogP contribution in [0, 0.1) is 5.41 Å². The van der Waals surface area contributed by atoms with E-state index in [4.69, 9.17) is 9.47 Å². The van der Waals surface area contributed by atoms with E-state index in [1.807, 2.05) is 18.2 Å². The SMILES string of the molecule is CCc1nc(CN2C[C@@H]3c4ccc(OC)cc4OC[C@]3(C(=O)O)C2)cs1. The van der Waals surface area contributed by atoms with Gasteiger partial charge < -0.3 is 14.6 Å². The molecule has 0 amide bonds. The fraction of sp³-hybridized carbons (Fsp3) is 0.474. The van der Waals surface area contributed by atoms with Gasteiger partial charge in [0.05, 0.1) is 17.8 Å². The normalized spacial score (nSPS) is 24.6. The van der Waals surface area contributed by atoms with E-state index in [0.717, 1.165) is 34.2 Å². The number of aliphatic carboxylic acids is 1. The number of ether oxygens (including phenoxy) is 2. The molecule has 0 aliphatic carbocycles. The summed E-state index contributed by atoms with van der Waals surface area (Å²) in [4.78, 5) is 19.0. The first-order valence-corrected chi connectivity index (χ1v) is 9.63. The first kappa shape index (κ1) is 17.3. The second-order valence-electron chi connectivity index (χ2n) is 6.96. The van der Waals surface area contributed by atoms with Crippen molar-refractivity contribution in [3.05, 3.63) is 39.8 Å². The molecule has 7 heteroatoms. The number of benzene rings is 1. The largest absolute Gasteiger partial charge is 0.497 e. The van der Waals surface area contributed by atoms with Crippen molar-refractivity contribution in [2.75, 3.05) is 26.8 Å². The van der Waals surface area contributed by atoms with Gasteiger partial charge in [-0.1, -0.05) is 13.0 Å². The van der Waals surface area contributed by atoms with Gasteiger partial charge in [-0.15, -0.1) is 11.3 Å². The first-order valence-electron chi connectivity index (χ1n) is 8.75. The predicted molar refractivity (Wildman–Crippen MR) is 98.1 cm³/mol. The molecule has 0 saturated carbocycles. The minimum atomic E-state index is -0.912. The molecule has 1 fully saturated rings. The van der Waals surface area contributed by atoms with E-state index in [2.05, 4.69) is 22.2 Å². The van der Waals surface area contributed by atoms with E-state index in [1.54, 1.807) is 18.4 Å². The summed E-state index contributed by atoms with van der Waals surface area (Å²) in [5, 5.41) is 13.2. The molecule has 1 aromatic heterocycles. The number of carbonyl (C=O) groups is 1. The molecule has 6 nitrogen and oxygen atoms in total. The van der Waals surface area contributed by atoms with Crippen LogP contribution in [0.3, 0.4) is 0 Å². The minimum Gasteiger partial charge on any atom is -0.497 e. The van der Waals surface area contributed by atoms with Crippen LogP contribution >= 0.6 is 11.3 Å². The lowest BCUT2D eigenvalue weighted by molar-refractivity contribution is -0.151. The third-order valence-corrected chi connectivity index (χ3v) is 6.45. The molecule has 1 aromatic carbocycles. The number of aromatic nitrogens is 1. The Labute approximate surface area is 156 Å². The van der Waals surface area contributed by atoms with Crippen LogP contribution in [0.1, 0.15) is 29.1 Å². The number of thiazole rings is 1. The van der Waals surface area contributed by atoms with Gasteiger partial charge in [0, 0.05) is 42.6 Å². The molecule has 4 rings (SSSR count). The van der Waals surface area contributed by atoms with Gasteiger partial charge in [0.1, 0.15) is 23.5 Å². The summed E-state index contributed by atoms with van der Waals surface area (Å²) in [7, 11) is 1.61. The van der Waals surface area contributed by atoms with Crippen molar-refractivity contribution in [2.45, 2.75) is 25.8 Å². The standard InChI is InChI=1S/C19H22N2O4S/c1-3-17-20-12(9-26-17)7-21-8-15-14-5-4-13(24-2)6-16(14)25-11-19(15,10-21)18(22)23/h4-6,9,15H,3,7-8,10-11H2,1-2H3,(H,22,23)/t15-,19-/m1/s1. The average Bonchev–Trinajstić information content (AvgIpc) is 3.26. The zero-order valence-electron chi connectivity index (χ0n) is 14.9. The molecule has 2 aliphatic heterocycles. The van der Waals surface area contributed by atoms with Crippen molar-refractivity contribution >= 4 is 17.3 Å². The van der Waals surface area contributed by atoms with Crippen LogP contribution in [0.25, 0.3) is 0 Å². The number of nitrogens with zero attached hydrogens (tertiary/aromatic N) is 2. The van der Waals surface area contributed by atoms with Crippen molar-refractivity contribution in [3.8, 4) is 11.5 Å². The Balaban J connectivity index is 1.63. The number of hydrogen-bond donors (Lipinski definition) is 1. The summed E-state index contributed by atoms with van der Waals surface area (Å²) in [5.41, 5.74) is 1.06. The quantitative estimate of drug-likeness (QED) is 0.868. The first-order chi connectivity index (χ1) is 12.6. The van der Waals surface area contributed by atoms with Gasteiger partial charge in [-0.2, -0.15) is 0 Å². The van der Waals surface area contributed by atoms with Crippen molar-refractivity contribution in [1.82, 2.24) is 9.88 Å². The fourth-order valence-corrected chi connectivity index (χ4v) is 4.76. The summed E-state index contributed by atoms with van der Waals surface area (Å²) < 4.78 is 11.1. The molecule has 138 valence electrons. The number of likely N-dealkylation sites (tertiary alicyclic amines) is 1. The van der Waals surface area contributed by atoms with Gasteiger partial charge in [0.25, 0.3) is 0 Å². The molecule has 2 aromatic rings. The molecule has 2 aliphatic rings. The zero-order chi connectivity index (χ0) is 18.3. The molecule has 0 radical (unpaired) electrons. The maximum absolute atomic E-state index is 12.2. The molecule has 0 bridgehead atoms. The Morgan fingerprint density at radius 2 is 2.38 bits per heavy atom. The fourth-order valence-electron chi connectivity index (χ4n) is 4.02. The van der Waals surface area contributed by atoms with Crippen LogP contribution in [0.2, 0.25) is 0 Å². The van der Waals surface area contributed by atoms with E-state index in [1.165, 1.54) is 0 Å². The summed E-state index contributed by atoms with van der Waals surface area (Å²) in [6.45, 7) is 4.11. The highest BCUT2D eigenvalue weighted by Gasteiger charge is 2.56. The third-order valence-electron chi connectivity index (χ3n) is 5.41. The lowest BCUT2D eigenvalue weighted by atomic mass is 9.73. The van der Waals surface area contributed by atoms with Crippen LogP contribution in [-0.2, 0) is 17.8 Å². The molecular formula is C19H22N2O4S. The van der Waals surface area contributed by atoms with Gasteiger partial charge in [-0.25, -0.2) is 4.98 Å². The Morgan fingerprint density at radius 3 is 3.08 bits per heavy atom. The second kappa shape index (κ2) is 6.55. The van der Waals surface area contributed by atoms with Crippen LogP contribution in [0.5, 0.6) is 11.5 Å². The lowest BCUT2D eigenvalue weighted by Gasteiger charge is -2.36. The lowest BCUT2D eigenvalue weighted by Crippen LogP contribution is -2.45. The topological polar surface area (TPSA) is 71.9 Å². The highest BCUT2D eigenvalue weighted by Crippen LogP contribution is 2.50. The summed E-state index contributed by atoms with van der Waals surface area (Å²) in [5.74, 6) is 0.559. The number of fused-ring (bicyclic) bond motifs is 3.